The summed E-state index contributed by atoms with van der Waals surface area (Å²) in [5, 5.41) is 5.66. The number of anilines is 1. The average molecular weight is 247 g/mol. The first kappa shape index (κ1) is 12.9. The zero-order valence-electron chi connectivity index (χ0n) is 10.6. The molecular weight excluding hydrogens is 226 g/mol. The molecule has 4 heteroatoms. The van der Waals surface area contributed by atoms with Crippen molar-refractivity contribution in [2.24, 2.45) is 5.73 Å². The summed E-state index contributed by atoms with van der Waals surface area (Å²) in [4.78, 5) is 11.7. The largest absolute Gasteiger partial charge is 0.336 e. The van der Waals surface area contributed by atoms with E-state index in [0.29, 0.717) is 6.54 Å². The molecule has 0 saturated heterocycles. The maximum atomic E-state index is 11.7. The van der Waals surface area contributed by atoms with Crippen molar-refractivity contribution in [1.29, 1.82) is 0 Å². The van der Waals surface area contributed by atoms with E-state index in [2.05, 4.69) is 10.6 Å². The molecule has 0 heterocycles. The smallest absolute Gasteiger partial charge is 0.319 e. The minimum Gasteiger partial charge on any atom is -0.336 e. The van der Waals surface area contributed by atoms with Crippen molar-refractivity contribution in [2.45, 2.75) is 37.6 Å². The standard InChI is InChI=1S/C14H21N3O/c15-14(9-5-2-6-10-14)11-16-13(18)17-12-7-3-1-4-8-12/h1,3-4,7-8H,2,5-6,9-11,15H2,(H2,16,17,18). The Hall–Kier alpha value is -1.55. The Morgan fingerprint density at radius 1 is 1.17 bits per heavy atom. The van der Waals surface area contributed by atoms with Crippen LogP contribution >= 0.6 is 0 Å². The molecule has 0 aliphatic heterocycles. The molecule has 0 bridgehead atoms. The van der Waals surface area contributed by atoms with Crippen molar-refractivity contribution in [3.05, 3.63) is 30.3 Å². The molecule has 2 rings (SSSR count). The quantitative estimate of drug-likeness (QED) is 0.768. The number of rotatable bonds is 3. The SMILES string of the molecule is NC1(CNC(=O)Nc2ccccc2)CCCCC1. The molecule has 1 aromatic rings. The summed E-state index contributed by atoms with van der Waals surface area (Å²) in [6.45, 7) is 0.547. The predicted molar refractivity (Wildman–Crippen MR) is 73.5 cm³/mol. The Morgan fingerprint density at radius 3 is 2.50 bits per heavy atom. The lowest BCUT2D eigenvalue weighted by molar-refractivity contribution is 0.241. The van der Waals surface area contributed by atoms with E-state index in [1.165, 1.54) is 19.3 Å². The Labute approximate surface area is 108 Å². The van der Waals surface area contributed by atoms with Gasteiger partial charge >= 0.3 is 6.03 Å². The highest BCUT2D eigenvalue weighted by Crippen LogP contribution is 2.25. The van der Waals surface area contributed by atoms with Gasteiger partial charge in [-0.05, 0) is 25.0 Å². The summed E-state index contributed by atoms with van der Waals surface area (Å²) in [6, 6.07) is 9.23. The lowest BCUT2D eigenvalue weighted by Crippen LogP contribution is -2.52. The van der Waals surface area contributed by atoms with Gasteiger partial charge in [-0.15, -0.1) is 0 Å². The van der Waals surface area contributed by atoms with Gasteiger partial charge in [-0.2, -0.15) is 0 Å². The topological polar surface area (TPSA) is 67.1 Å². The van der Waals surface area contributed by atoms with Crippen LogP contribution in [0, 0.1) is 0 Å². The number of benzene rings is 1. The minimum absolute atomic E-state index is 0.184. The van der Waals surface area contributed by atoms with Crippen LogP contribution in [-0.2, 0) is 0 Å². The summed E-state index contributed by atoms with van der Waals surface area (Å²) >= 11 is 0. The van der Waals surface area contributed by atoms with Crippen molar-refractivity contribution >= 4 is 11.7 Å². The first-order valence-electron chi connectivity index (χ1n) is 6.57. The molecule has 2 amide bonds. The summed E-state index contributed by atoms with van der Waals surface area (Å²) in [6.07, 6.45) is 5.59. The van der Waals surface area contributed by atoms with Gasteiger partial charge in [-0.1, -0.05) is 37.5 Å². The lowest BCUT2D eigenvalue weighted by Gasteiger charge is -2.33. The number of para-hydroxylation sites is 1. The molecule has 0 aromatic heterocycles. The van der Waals surface area contributed by atoms with E-state index in [0.717, 1.165) is 18.5 Å². The van der Waals surface area contributed by atoms with Crippen molar-refractivity contribution < 1.29 is 4.79 Å². The van der Waals surface area contributed by atoms with E-state index in [1.54, 1.807) is 0 Å². The molecule has 4 N–H and O–H groups in total. The Bertz CT molecular complexity index is 385. The fraction of sp³-hybridized carbons (Fsp3) is 0.500. The zero-order valence-corrected chi connectivity index (χ0v) is 10.6. The maximum absolute atomic E-state index is 11.7. The van der Waals surface area contributed by atoms with Gasteiger partial charge in [0.1, 0.15) is 0 Å². The van der Waals surface area contributed by atoms with Gasteiger partial charge in [0.25, 0.3) is 0 Å². The predicted octanol–water partition coefficient (Wildman–Crippen LogP) is 2.47. The molecule has 1 aromatic carbocycles. The number of urea groups is 1. The van der Waals surface area contributed by atoms with Crippen LogP contribution in [0.25, 0.3) is 0 Å². The fourth-order valence-corrected chi connectivity index (χ4v) is 2.39. The maximum Gasteiger partial charge on any atom is 0.319 e. The van der Waals surface area contributed by atoms with Crippen molar-refractivity contribution in [3.63, 3.8) is 0 Å². The van der Waals surface area contributed by atoms with Gasteiger partial charge < -0.3 is 16.4 Å². The van der Waals surface area contributed by atoms with Crippen LogP contribution in [0.15, 0.2) is 30.3 Å². The van der Waals surface area contributed by atoms with E-state index in [1.807, 2.05) is 30.3 Å². The molecule has 1 fully saturated rings. The van der Waals surface area contributed by atoms with Crippen LogP contribution in [0.1, 0.15) is 32.1 Å². The number of nitrogens with one attached hydrogen (secondary N) is 2. The Morgan fingerprint density at radius 2 is 1.83 bits per heavy atom. The molecule has 0 radical (unpaired) electrons. The second kappa shape index (κ2) is 5.87. The zero-order chi connectivity index (χ0) is 12.8. The normalized spacial score (nSPS) is 18.1. The molecule has 1 saturated carbocycles. The van der Waals surface area contributed by atoms with Crippen molar-refractivity contribution in [2.75, 3.05) is 11.9 Å². The monoisotopic (exact) mass is 247 g/mol. The third-order valence-electron chi connectivity index (χ3n) is 3.48. The van der Waals surface area contributed by atoms with Gasteiger partial charge in [0.2, 0.25) is 0 Å². The van der Waals surface area contributed by atoms with Crippen LogP contribution in [-0.4, -0.2) is 18.1 Å². The number of carbonyl (C=O) groups excluding carboxylic acids is 1. The van der Waals surface area contributed by atoms with Crippen molar-refractivity contribution in [1.82, 2.24) is 5.32 Å². The molecule has 0 spiro atoms. The number of amides is 2. The highest BCUT2D eigenvalue weighted by Gasteiger charge is 2.27. The second-order valence-corrected chi connectivity index (χ2v) is 5.10. The van der Waals surface area contributed by atoms with Crippen LogP contribution < -0.4 is 16.4 Å². The highest BCUT2D eigenvalue weighted by atomic mass is 16.2. The number of nitrogens with two attached hydrogens (primary N) is 1. The summed E-state index contributed by atoms with van der Waals surface area (Å²) < 4.78 is 0. The summed E-state index contributed by atoms with van der Waals surface area (Å²) in [5.74, 6) is 0. The molecule has 4 nitrogen and oxygen atoms in total. The molecule has 18 heavy (non-hydrogen) atoms. The Kier molecular flexibility index (Phi) is 4.20. The van der Waals surface area contributed by atoms with Crippen LogP contribution in [0.5, 0.6) is 0 Å². The highest BCUT2D eigenvalue weighted by molar-refractivity contribution is 5.89. The third kappa shape index (κ3) is 3.74. The molecule has 98 valence electrons. The fourth-order valence-electron chi connectivity index (χ4n) is 2.39. The summed E-state index contributed by atoms with van der Waals surface area (Å²) in [7, 11) is 0. The molecule has 0 atom stereocenters. The molecule has 1 aliphatic rings. The first-order chi connectivity index (χ1) is 8.68. The van der Waals surface area contributed by atoms with E-state index in [9.17, 15) is 4.79 Å². The van der Waals surface area contributed by atoms with Crippen LogP contribution in [0.3, 0.4) is 0 Å². The van der Waals surface area contributed by atoms with Gasteiger partial charge in [0.05, 0.1) is 0 Å². The van der Waals surface area contributed by atoms with E-state index >= 15 is 0 Å². The van der Waals surface area contributed by atoms with E-state index < -0.39 is 0 Å². The van der Waals surface area contributed by atoms with Gasteiger partial charge in [0.15, 0.2) is 0 Å². The van der Waals surface area contributed by atoms with Crippen LogP contribution in [0.4, 0.5) is 10.5 Å². The minimum atomic E-state index is -0.216. The number of hydrogen-bond acceptors (Lipinski definition) is 2. The molecular formula is C14H21N3O. The van der Waals surface area contributed by atoms with Crippen molar-refractivity contribution in [3.8, 4) is 0 Å². The van der Waals surface area contributed by atoms with Gasteiger partial charge in [-0.3, -0.25) is 0 Å². The Balaban J connectivity index is 1.78. The third-order valence-corrected chi connectivity index (χ3v) is 3.48. The van der Waals surface area contributed by atoms with E-state index in [4.69, 9.17) is 5.73 Å². The number of hydrogen-bond donors (Lipinski definition) is 3. The molecule has 1 aliphatic carbocycles. The van der Waals surface area contributed by atoms with E-state index in [-0.39, 0.29) is 11.6 Å². The lowest BCUT2D eigenvalue weighted by atomic mass is 9.82. The number of carbonyl (C=O) groups is 1. The average Bonchev–Trinajstić information content (AvgIpc) is 2.39. The van der Waals surface area contributed by atoms with Gasteiger partial charge in [0, 0.05) is 17.8 Å². The molecule has 0 unspecified atom stereocenters. The summed E-state index contributed by atoms with van der Waals surface area (Å²) in [5.41, 5.74) is 6.84. The first-order valence-corrected chi connectivity index (χ1v) is 6.57. The van der Waals surface area contributed by atoms with Crippen LogP contribution in [0.2, 0.25) is 0 Å². The van der Waals surface area contributed by atoms with Gasteiger partial charge in [-0.25, -0.2) is 4.79 Å². The second-order valence-electron chi connectivity index (χ2n) is 5.10.